The third kappa shape index (κ3) is 6.19. The maximum Gasteiger partial charge on any atom is 0.303 e. The molecule has 0 aliphatic carbocycles. The zero-order chi connectivity index (χ0) is 23.9. The Morgan fingerprint density at radius 3 is 2.16 bits per heavy atom. The molecule has 32 heavy (non-hydrogen) atoms. The normalized spacial score (nSPS) is 18.0. The van der Waals surface area contributed by atoms with E-state index in [1.54, 1.807) is 0 Å². The lowest BCUT2D eigenvalue weighted by Crippen LogP contribution is -2.54. The number of hydrogen-bond donors (Lipinski definition) is 1. The highest BCUT2D eigenvalue weighted by Crippen LogP contribution is 2.32. The summed E-state index contributed by atoms with van der Waals surface area (Å²) in [7, 11) is 1.43. The van der Waals surface area contributed by atoms with E-state index in [2.05, 4.69) is 0 Å². The maximum atomic E-state index is 12.4. The van der Waals surface area contributed by atoms with Gasteiger partial charge >= 0.3 is 5.97 Å². The lowest BCUT2D eigenvalue weighted by Gasteiger charge is -2.41. The Kier molecular flexibility index (Phi) is 8.16. The van der Waals surface area contributed by atoms with Crippen molar-refractivity contribution in [3.05, 3.63) is 24.3 Å². The van der Waals surface area contributed by atoms with Gasteiger partial charge in [-0.05, 0) is 18.9 Å². The van der Waals surface area contributed by atoms with Crippen LogP contribution >= 0.6 is 0 Å². The molecule has 2 rings (SSSR count). The minimum Gasteiger partial charge on any atom is -0.481 e. The molecule has 5 amide bonds. The molecule has 0 spiro atoms. The van der Waals surface area contributed by atoms with Crippen LogP contribution in [0.5, 0.6) is 0 Å². The maximum absolute atomic E-state index is 12.4. The molecular formula is C21H25N3O8. The quantitative estimate of drug-likeness (QED) is 0.239. The fraction of sp³-hybridized carbons (Fsp3) is 0.476. The number of carbonyl (C=O) groups is 7. The molecule has 1 saturated heterocycles. The van der Waals surface area contributed by atoms with E-state index >= 15 is 0 Å². The highest BCUT2D eigenvalue weighted by atomic mass is 16.4. The van der Waals surface area contributed by atoms with Crippen LogP contribution in [0, 0.1) is 5.41 Å². The van der Waals surface area contributed by atoms with E-state index in [0.717, 1.165) is 34.1 Å². The summed E-state index contributed by atoms with van der Waals surface area (Å²) in [5.41, 5.74) is -1.16. The zero-order valence-corrected chi connectivity index (χ0v) is 17.7. The summed E-state index contributed by atoms with van der Waals surface area (Å²) in [5.74, 6) is -3.58. The Labute approximate surface area is 184 Å². The zero-order valence-electron chi connectivity index (χ0n) is 17.7. The van der Waals surface area contributed by atoms with E-state index in [1.165, 1.54) is 11.9 Å². The summed E-state index contributed by atoms with van der Waals surface area (Å²) in [6.07, 6.45) is 4.76. The first-order valence-electron chi connectivity index (χ1n) is 10.0. The SMILES string of the molecule is CN(CC(CCCC(=O)O)(CN1C(=O)C=CC1=O)CN1C(=O)CCC1=O)C(=O)/C=C\C=O. The van der Waals surface area contributed by atoms with Gasteiger partial charge in [-0.3, -0.25) is 43.4 Å². The van der Waals surface area contributed by atoms with E-state index in [1.807, 2.05) is 0 Å². The van der Waals surface area contributed by atoms with E-state index < -0.39 is 40.9 Å². The number of hydrogen-bond acceptors (Lipinski definition) is 7. The van der Waals surface area contributed by atoms with Crippen LogP contribution in [0.2, 0.25) is 0 Å². The van der Waals surface area contributed by atoms with Gasteiger partial charge < -0.3 is 10.0 Å². The number of likely N-dealkylation sites (N-methyl/N-ethyl adjacent to an activating group) is 1. The summed E-state index contributed by atoms with van der Waals surface area (Å²) in [4.78, 5) is 86.2. The summed E-state index contributed by atoms with van der Waals surface area (Å²) in [5, 5.41) is 9.06. The van der Waals surface area contributed by atoms with Crippen LogP contribution in [-0.4, -0.2) is 88.3 Å². The predicted octanol–water partition coefficient (Wildman–Crippen LogP) is -0.485. The second-order valence-corrected chi connectivity index (χ2v) is 7.91. The minimum absolute atomic E-state index is 0.0318. The van der Waals surface area contributed by atoms with Crippen molar-refractivity contribution in [3.63, 3.8) is 0 Å². The van der Waals surface area contributed by atoms with Gasteiger partial charge in [-0.25, -0.2) is 0 Å². The van der Waals surface area contributed by atoms with Crippen molar-refractivity contribution in [2.24, 2.45) is 5.41 Å². The number of aliphatic carboxylic acids is 1. The standard InChI is InChI=1S/C21H25N3O8/c1-22(15(26)4-3-11-25)12-21(10-2-5-20(31)32,13-23-16(27)6-7-17(23)28)14-24-18(29)8-9-19(24)30/h3-4,6-7,11H,2,5,8-10,12-14H2,1H3,(H,31,32)/b4-3-. The number of likely N-dealkylation sites (tertiary alicyclic amines) is 1. The predicted molar refractivity (Wildman–Crippen MR) is 109 cm³/mol. The van der Waals surface area contributed by atoms with Gasteiger partial charge in [-0.15, -0.1) is 0 Å². The molecule has 0 radical (unpaired) electrons. The topological polar surface area (TPSA) is 149 Å². The van der Waals surface area contributed by atoms with Gasteiger partial charge in [0.05, 0.1) is 0 Å². The average Bonchev–Trinajstić information content (AvgIpc) is 3.21. The number of rotatable bonds is 12. The fourth-order valence-electron chi connectivity index (χ4n) is 3.89. The number of nitrogens with zero attached hydrogens (tertiary/aromatic N) is 3. The largest absolute Gasteiger partial charge is 0.481 e. The molecule has 1 fully saturated rings. The molecule has 11 nitrogen and oxygen atoms in total. The third-order valence-electron chi connectivity index (χ3n) is 5.41. The molecule has 1 unspecified atom stereocenters. The molecule has 2 heterocycles. The fourth-order valence-corrected chi connectivity index (χ4v) is 3.89. The molecular weight excluding hydrogens is 422 g/mol. The van der Waals surface area contributed by atoms with Crippen LogP contribution in [0.3, 0.4) is 0 Å². The van der Waals surface area contributed by atoms with E-state index in [4.69, 9.17) is 5.11 Å². The Bertz CT molecular complexity index is 853. The summed E-state index contributed by atoms with van der Waals surface area (Å²) in [6, 6.07) is 0. The lowest BCUT2D eigenvalue weighted by molar-refractivity contribution is -0.144. The Morgan fingerprint density at radius 1 is 1.06 bits per heavy atom. The second kappa shape index (κ2) is 10.6. The molecule has 1 N–H and O–H groups in total. The molecule has 0 aromatic rings. The molecule has 172 valence electrons. The van der Waals surface area contributed by atoms with Crippen LogP contribution < -0.4 is 0 Å². The molecule has 0 aromatic heterocycles. The molecule has 0 aromatic carbocycles. The van der Waals surface area contributed by atoms with Crippen LogP contribution in [0.25, 0.3) is 0 Å². The number of allylic oxidation sites excluding steroid dienone is 1. The van der Waals surface area contributed by atoms with E-state index in [0.29, 0.717) is 6.29 Å². The second-order valence-electron chi connectivity index (χ2n) is 7.91. The van der Waals surface area contributed by atoms with E-state index in [9.17, 15) is 33.6 Å². The molecule has 1 atom stereocenters. The van der Waals surface area contributed by atoms with Crippen molar-refractivity contribution in [2.75, 3.05) is 26.7 Å². The summed E-state index contributed by atoms with van der Waals surface area (Å²) < 4.78 is 0. The van der Waals surface area contributed by atoms with Gasteiger partial charge in [0.25, 0.3) is 11.8 Å². The third-order valence-corrected chi connectivity index (χ3v) is 5.41. The Balaban J connectivity index is 2.40. The number of carbonyl (C=O) groups excluding carboxylic acids is 6. The lowest BCUT2D eigenvalue weighted by atomic mass is 9.80. The first-order valence-corrected chi connectivity index (χ1v) is 10.0. The summed E-state index contributed by atoms with van der Waals surface area (Å²) >= 11 is 0. The van der Waals surface area contributed by atoms with Gasteiger partial charge in [0, 0.05) is 69.6 Å². The van der Waals surface area contributed by atoms with Gasteiger partial charge in [0.2, 0.25) is 17.7 Å². The van der Waals surface area contributed by atoms with Gasteiger partial charge in [-0.2, -0.15) is 0 Å². The van der Waals surface area contributed by atoms with Crippen LogP contribution in [0.4, 0.5) is 0 Å². The van der Waals surface area contributed by atoms with Crippen molar-refractivity contribution in [1.82, 2.24) is 14.7 Å². The van der Waals surface area contributed by atoms with Crippen LogP contribution in [-0.2, 0) is 33.6 Å². The smallest absolute Gasteiger partial charge is 0.303 e. The molecule has 0 saturated carbocycles. The average molecular weight is 447 g/mol. The van der Waals surface area contributed by atoms with Crippen LogP contribution in [0.1, 0.15) is 32.1 Å². The van der Waals surface area contributed by atoms with E-state index in [-0.39, 0.29) is 51.7 Å². The summed E-state index contributed by atoms with van der Waals surface area (Å²) in [6.45, 7) is -0.498. The first-order chi connectivity index (χ1) is 15.1. The first kappa shape index (κ1) is 24.6. The van der Waals surface area contributed by atoms with Crippen molar-refractivity contribution >= 4 is 41.8 Å². The number of carboxylic acid groups (broad SMARTS) is 1. The number of amides is 5. The van der Waals surface area contributed by atoms with Gasteiger partial charge in [0.15, 0.2) is 0 Å². The molecule has 0 bridgehead atoms. The molecule has 2 aliphatic rings. The van der Waals surface area contributed by atoms with Crippen molar-refractivity contribution in [1.29, 1.82) is 0 Å². The molecule has 2 aliphatic heterocycles. The minimum atomic E-state index is -1.16. The monoisotopic (exact) mass is 447 g/mol. The highest BCUT2D eigenvalue weighted by Gasteiger charge is 2.43. The number of aldehydes is 1. The van der Waals surface area contributed by atoms with Crippen molar-refractivity contribution < 1.29 is 38.7 Å². The number of carboxylic acids is 1. The highest BCUT2D eigenvalue weighted by molar-refractivity contribution is 6.13. The Morgan fingerprint density at radius 2 is 1.62 bits per heavy atom. The van der Waals surface area contributed by atoms with Crippen LogP contribution in [0.15, 0.2) is 24.3 Å². The van der Waals surface area contributed by atoms with Crippen molar-refractivity contribution in [2.45, 2.75) is 32.1 Å². The number of imide groups is 2. The van der Waals surface area contributed by atoms with Gasteiger partial charge in [0.1, 0.15) is 6.29 Å². The van der Waals surface area contributed by atoms with Crippen molar-refractivity contribution in [3.8, 4) is 0 Å². The van der Waals surface area contributed by atoms with Gasteiger partial charge in [-0.1, -0.05) is 0 Å². The molecule has 11 heteroatoms. The Hall–Kier alpha value is -3.63.